The highest BCUT2D eigenvalue weighted by Crippen LogP contribution is 2.27. The van der Waals surface area contributed by atoms with Gasteiger partial charge in [-0.15, -0.1) is 0 Å². The maximum Gasteiger partial charge on any atom is 0.153 e. The van der Waals surface area contributed by atoms with Crippen molar-refractivity contribution < 1.29 is 14.6 Å². The van der Waals surface area contributed by atoms with E-state index in [0.29, 0.717) is 11.3 Å². The summed E-state index contributed by atoms with van der Waals surface area (Å²) >= 11 is 0. The van der Waals surface area contributed by atoms with E-state index in [0.717, 1.165) is 17.4 Å². The number of carbonyl (C=O) groups excluding carboxylic acids is 1. The van der Waals surface area contributed by atoms with Crippen molar-refractivity contribution in [3.05, 3.63) is 48.0 Å². The number of carbonyl (C=O) groups is 1. The zero-order valence-electron chi connectivity index (χ0n) is 9.38. The van der Waals surface area contributed by atoms with E-state index in [9.17, 15) is 9.90 Å². The fourth-order valence-corrected chi connectivity index (χ4v) is 1.64. The van der Waals surface area contributed by atoms with Crippen LogP contribution in [0.5, 0.6) is 11.5 Å². The lowest BCUT2D eigenvalue weighted by atomic mass is 10.0. The molecule has 2 aromatic carbocycles. The van der Waals surface area contributed by atoms with Crippen molar-refractivity contribution in [2.75, 3.05) is 7.11 Å². The molecule has 2 rings (SSSR count). The first kappa shape index (κ1) is 11.2. The largest absolute Gasteiger partial charge is 0.508 e. The summed E-state index contributed by atoms with van der Waals surface area (Å²) < 4.78 is 5.14. The topological polar surface area (TPSA) is 46.5 Å². The molecule has 0 radical (unpaired) electrons. The predicted octanol–water partition coefficient (Wildman–Crippen LogP) is 2.88. The summed E-state index contributed by atoms with van der Waals surface area (Å²) in [5, 5.41) is 9.22. The fraction of sp³-hybridized carbons (Fsp3) is 0.0714. The second kappa shape index (κ2) is 4.70. The minimum atomic E-state index is 0.227. The van der Waals surface area contributed by atoms with Gasteiger partial charge in [0.2, 0.25) is 0 Å². The standard InChI is InChI=1S/C14H12O3/c1-17-14-8-11(2-3-12(14)9-15)10-4-6-13(16)7-5-10/h2-9,16H,1H3. The lowest BCUT2D eigenvalue weighted by molar-refractivity contribution is 0.112. The van der Waals surface area contributed by atoms with E-state index < -0.39 is 0 Å². The van der Waals surface area contributed by atoms with E-state index >= 15 is 0 Å². The smallest absolute Gasteiger partial charge is 0.153 e. The molecule has 86 valence electrons. The van der Waals surface area contributed by atoms with E-state index in [1.807, 2.05) is 18.2 Å². The Morgan fingerprint density at radius 1 is 1.06 bits per heavy atom. The van der Waals surface area contributed by atoms with Gasteiger partial charge >= 0.3 is 0 Å². The summed E-state index contributed by atoms with van der Waals surface area (Å²) in [5.41, 5.74) is 2.42. The number of hydrogen-bond acceptors (Lipinski definition) is 3. The molecule has 0 spiro atoms. The quantitative estimate of drug-likeness (QED) is 0.821. The van der Waals surface area contributed by atoms with Gasteiger partial charge < -0.3 is 9.84 Å². The Bertz CT molecular complexity index is 530. The number of phenolic OH excluding ortho intramolecular Hbond substituents is 1. The average molecular weight is 228 g/mol. The van der Waals surface area contributed by atoms with Gasteiger partial charge in [-0.3, -0.25) is 4.79 Å². The molecule has 2 aromatic rings. The molecule has 0 atom stereocenters. The molecule has 3 nitrogen and oxygen atoms in total. The number of ether oxygens (including phenoxy) is 1. The van der Waals surface area contributed by atoms with Crippen LogP contribution in [-0.2, 0) is 0 Å². The highest BCUT2D eigenvalue weighted by molar-refractivity contribution is 5.81. The van der Waals surface area contributed by atoms with Crippen LogP contribution in [0.2, 0.25) is 0 Å². The Morgan fingerprint density at radius 2 is 1.71 bits per heavy atom. The number of rotatable bonds is 3. The molecule has 0 saturated heterocycles. The molecular weight excluding hydrogens is 216 g/mol. The van der Waals surface area contributed by atoms with Gasteiger partial charge in [-0.2, -0.15) is 0 Å². The van der Waals surface area contributed by atoms with Crippen LogP contribution in [0.15, 0.2) is 42.5 Å². The summed E-state index contributed by atoms with van der Waals surface area (Å²) in [4.78, 5) is 10.8. The van der Waals surface area contributed by atoms with Gasteiger partial charge in [0.25, 0.3) is 0 Å². The SMILES string of the molecule is COc1cc(-c2ccc(O)cc2)ccc1C=O. The second-order valence-corrected chi connectivity index (χ2v) is 3.62. The zero-order chi connectivity index (χ0) is 12.3. The monoisotopic (exact) mass is 228 g/mol. The van der Waals surface area contributed by atoms with Crippen molar-refractivity contribution in [2.45, 2.75) is 0 Å². The molecule has 0 unspecified atom stereocenters. The normalized spacial score (nSPS) is 9.94. The van der Waals surface area contributed by atoms with E-state index in [1.54, 1.807) is 24.3 Å². The molecule has 3 heteroatoms. The van der Waals surface area contributed by atoms with Crippen LogP contribution in [-0.4, -0.2) is 18.5 Å². The predicted molar refractivity (Wildman–Crippen MR) is 65.5 cm³/mol. The number of phenols is 1. The third kappa shape index (κ3) is 2.28. The lowest BCUT2D eigenvalue weighted by Gasteiger charge is -2.07. The minimum absolute atomic E-state index is 0.227. The maximum absolute atomic E-state index is 10.8. The Morgan fingerprint density at radius 3 is 2.29 bits per heavy atom. The summed E-state index contributed by atoms with van der Waals surface area (Å²) in [5.74, 6) is 0.774. The molecule has 0 fully saturated rings. The number of hydrogen-bond donors (Lipinski definition) is 1. The van der Waals surface area contributed by atoms with Crippen molar-refractivity contribution in [3.63, 3.8) is 0 Å². The lowest BCUT2D eigenvalue weighted by Crippen LogP contribution is -1.90. The summed E-state index contributed by atoms with van der Waals surface area (Å²) in [7, 11) is 1.53. The average Bonchev–Trinajstić information content (AvgIpc) is 2.39. The van der Waals surface area contributed by atoms with Gasteiger partial charge in [0.15, 0.2) is 6.29 Å². The van der Waals surface area contributed by atoms with Crippen LogP contribution in [0.4, 0.5) is 0 Å². The zero-order valence-corrected chi connectivity index (χ0v) is 9.38. The summed E-state index contributed by atoms with van der Waals surface area (Å²) in [6.07, 6.45) is 0.763. The minimum Gasteiger partial charge on any atom is -0.508 e. The van der Waals surface area contributed by atoms with Crippen molar-refractivity contribution in [3.8, 4) is 22.6 Å². The van der Waals surface area contributed by atoms with Crippen LogP contribution in [0.3, 0.4) is 0 Å². The van der Waals surface area contributed by atoms with Gasteiger partial charge in [0.05, 0.1) is 12.7 Å². The third-order valence-corrected chi connectivity index (χ3v) is 2.56. The van der Waals surface area contributed by atoms with Gasteiger partial charge in [0, 0.05) is 0 Å². The third-order valence-electron chi connectivity index (χ3n) is 2.56. The Hall–Kier alpha value is -2.29. The van der Waals surface area contributed by atoms with Crippen molar-refractivity contribution >= 4 is 6.29 Å². The second-order valence-electron chi connectivity index (χ2n) is 3.62. The molecule has 1 N–H and O–H groups in total. The van der Waals surface area contributed by atoms with E-state index in [2.05, 4.69) is 0 Å². The van der Waals surface area contributed by atoms with Crippen molar-refractivity contribution in [1.29, 1.82) is 0 Å². The number of methoxy groups -OCH3 is 1. The Kier molecular flexibility index (Phi) is 3.10. The number of aromatic hydroxyl groups is 1. The molecule has 0 aromatic heterocycles. The Labute approximate surface area is 99.3 Å². The highest BCUT2D eigenvalue weighted by atomic mass is 16.5. The van der Waals surface area contributed by atoms with Crippen LogP contribution in [0.1, 0.15) is 10.4 Å². The number of aldehydes is 1. The summed E-state index contributed by atoms with van der Waals surface area (Å²) in [6, 6.07) is 12.2. The molecule has 0 saturated carbocycles. The number of benzene rings is 2. The first-order chi connectivity index (χ1) is 8.24. The molecule has 0 aliphatic heterocycles. The van der Waals surface area contributed by atoms with Crippen LogP contribution >= 0.6 is 0 Å². The van der Waals surface area contributed by atoms with E-state index in [1.165, 1.54) is 7.11 Å². The van der Waals surface area contributed by atoms with Crippen LogP contribution in [0, 0.1) is 0 Å². The molecular formula is C14H12O3. The molecule has 0 heterocycles. The molecule has 0 bridgehead atoms. The van der Waals surface area contributed by atoms with Crippen LogP contribution in [0.25, 0.3) is 11.1 Å². The van der Waals surface area contributed by atoms with E-state index in [4.69, 9.17) is 4.74 Å². The first-order valence-corrected chi connectivity index (χ1v) is 5.17. The molecule has 17 heavy (non-hydrogen) atoms. The Balaban J connectivity index is 2.46. The molecule has 0 aliphatic carbocycles. The first-order valence-electron chi connectivity index (χ1n) is 5.17. The fourth-order valence-electron chi connectivity index (χ4n) is 1.64. The van der Waals surface area contributed by atoms with E-state index in [-0.39, 0.29) is 5.75 Å². The van der Waals surface area contributed by atoms with Gasteiger partial charge in [-0.25, -0.2) is 0 Å². The van der Waals surface area contributed by atoms with Gasteiger partial charge in [0.1, 0.15) is 11.5 Å². The maximum atomic E-state index is 10.8. The molecule has 0 amide bonds. The van der Waals surface area contributed by atoms with Crippen molar-refractivity contribution in [2.24, 2.45) is 0 Å². The van der Waals surface area contributed by atoms with Crippen LogP contribution < -0.4 is 4.74 Å². The highest BCUT2D eigenvalue weighted by Gasteiger charge is 2.05. The van der Waals surface area contributed by atoms with Crippen molar-refractivity contribution in [1.82, 2.24) is 0 Å². The van der Waals surface area contributed by atoms with Gasteiger partial charge in [-0.05, 0) is 35.4 Å². The summed E-state index contributed by atoms with van der Waals surface area (Å²) in [6.45, 7) is 0. The molecule has 0 aliphatic rings. The van der Waals surface area contributed by atoms with Gasteiger partial charge in [-0.1, -0.05) is 18.2 Å².